The van der Waals surface area contributed by atoms with E-state index in [9.17, 15) is 0 Å². The molecule has 0 bridgehead atoms. The van der Waals surface area contributed by atoms with Gasteiger partial charge >= 0.3 is 0 Å². The largest absolute Gasteiger partial charge is 0.402 e. The molecule has 0 saturated carbocycles. The molecule has 0 amide bonds. The molecule has 0 saturated heterocycles. The minimum absolute atomic E-state index is 0.479. The maximum atomic E-state index is 5.85. The van der Waals surface area contributed by atoms with Gasteiger partial charge in [0.05, 0.1) is 0 Å². The van der Waals surface area contributed by atoms with Crippen molar-refractivity contribution in [3.8, 4) is 0 Å². The Hall–Kier alpha value is -1.24. The second-order valence-electron chi connectivity index (χ2n) is 3.62. The molecule has 0 aromatic heterocycles. The van der Waals surface area contributed by atoms with Gasteiger partial charge < -0.3 is 5.73 Å². The molecule has 1 aromatic carbocycles. The molecule has 70 valence electrons. The third-order valence-electron chi connectivity index (χ3n) is 2.09. The van der Waals surface area contributed by atoms with E-state index in [0.717, 1.165) is 5.70 Å². The van der Waals surface area contributed by atoms with Gasteiger partial charge in [0.15, 0.2) is 0 Å². The van der Waals surface area contributed by atoms with Crippen LogP contribution in [0.15, 0.2) is 36.0 Å². The number of hydrogen-bond acceptors (Lipinski definition) is 1. The van der Waals surface area contributed by atoms with Crippen LogP contribution in [0, 0.1) is 5.92 Å². The van der Waals surface area contributed by atoms with Crippen molar-refractivity contribution in [2.24, 2.45) is 11.7 Å². The third kappa shape index (κ3) is 2.35. The first kappa shape index (κ1) is 9.85. The van der Waals surface area contributed by atoms with E-state index < -0.39 is 0 Å². The quantitative estimate of drug-likeness (QED) is 0.734. The summed E-state index contributed by atoms with van der Waals surface area (Å²) in [6, 6.07) is 10.3. The molecule has 0 aliphatic rings. The van der Waals surface area contributed by atoms with Gasteiger partial charge in [-0.05, 0) is 24.0 Å². The fourth-order valence-corrected chi connectivity index (χ4v) is 1.63. The van der Waals surface area contributed by atoms with E-state index in [2.05, 4.69) is 26.0 Å². The van der Waals surface area contributed by atoms with Gasteiger partial charge in [-0.2, -0.15) is 0 Å². The molecule has 0 unspecified atom stereocenters. The Kier molecular flexibility index (Phi) is 3.13. The van der Waals surface area contributed by atoms with Gasteiger partial charge in [-0.3, -0.25) is 0 Å². The van der Waals surface area contributed by atoms with Crippen LogP contribution in [0.2, 0.25) is 0 Å². The summed E-state index contributed by atoms with van der Waals surface area (Å²) in [6.07, 6.45) is 0. The molecule has 0 heterocycles. The van der Waals surface area contributed by atoms with Gasteiger partial charge in [0.1, 0.15) is 0 Å². The zero-order valence-electron chi connectivity index (χ0n) is 8.54. The van der Waals surface area contributed by atoms with Crippen LogP contribution in [0.4, 0.5) is 0 Å². The van der Waals surface area contributed by atoms with Gasteiger partial charge in [-0.1, -0.05) is 44.2 Å². The van der Waals surface area contributed by atoms with E-state index in [0.29, 0.717) is 5.92 Å². The second-order valence-corrected chi connectivity index (χ2v) is 3.62. The van der Waals surface area contributed by atoms with Crippen LogP contribution in [0.5, 0.6) is 0 Å². The summed E-state index contributed by atoms with van der Waals surface area (Å²) in [5.41, 5.74) is 9.25. The first-order chi connectivity index (χ1) is 6.13. The molecular formula is C12H17N. The van der Waals surface area contributed by atoms with Crippen LogP contribution in [0.3, 0.4) is 0 Å². The zero-order valence-corrected chi connectivity index (χ0v) is 8.54. The third-order valence-corrected chi connectivity index (χ3v) is 2.09. The molecular weight excluding hydrogens is 158 g/mol. The van der Waals surface area contributed by atoms with Crippen molar-refractivity contribution in [1.29, 1.82) is 0 Å². The highest BCUT2D eigenvalue weighted by atomic mass is 14.6. The predicted octanol–water partition coefficient (Wildman–Crippen LogP) is 3.03. The first-order valence-corrected chi connectivity index (χ1v) is 4.64. The van der Waals surface area contributed by atoms with Gasteiger partial charge in [-0.15, -0.1) is 0 Å². The highest BCUT2D eigenvalue weighted by molar-refractivity contribution is 5.68. The number of hydrogen-bond donors (Lipinski definition) is 1. The lowest BCUT2D eigenvalue weighted by molar-refractivity contribution is 0.845. The monoisotopic (exact) mass is 175 g/mol. The Labute approximate surface area is 80.3 Å². The van der Waals surface area contributed by atoms with Crippen molar-refractivity contribution in [1.82, 2.24) is 0 Å². The Morgan fingerprint density at radius 3 is 2.08 bits per heavy atom. The van der Waals surface area contributed by atoms with E-state index in [1.807, 2.05) is 25.1 Å². The smallest absolute Gasteiger partial charge is 0.00900 e. The molecule has 0 aliphatic heterocycles. The highest BCUT2D eigenvalue weighted by Gasteiger charge is 2.07. The summed E-state index contributed by atoms with van der Waals surface area (Å²) < 4.78 is 0. The lowest BCUT2D eigenvalue weighted by Gasteiger charge is -2.13. The van der Waals surface area contributed by atoms with Crippen LogP contribution in [0.25, 0.3) is 5.57 Å². The zero-order chi connectivity index (χ0) is 9.84. The van der Waals surface area contributed by atoms with E-state index in [-0.39, 0.29) is 0 Å². The molecule has 1 heteroatoms. The van der Waals surface area contributed by atoms with Crippen LogP contribution in [-0.2, 0) is 0 Å². The van der Waals surface area contributed by atoms with Gasteiger partial charge in [0.25, 0.3) is 0 Å². The van der Waals surface area contributed by atoms with E-state index in [1.54, 1.807) is 0 Å². The maximum absolute atomic E-state index is 5.85. The van der Waals surface area contributed by atoms with Crippen LogP contribution in [-0.4, -0.2) is 0 Å². The standard InChI is InChI=1S/C12H17N/c1-9(2)12(10(3)13)11-7-5-4-6-8-11/h4-9H,13H2,1-3H3. The second kappa shape index (κ2) is 4.13. The fourth-order valence-electron chi connectivity index (χ4n) is 1.63. The molecule has 2 N–H and O–H groups in total. The molecule has 1 rings (SSSR count). The fraction of sp³-hybridized carbons (Fsp3) is 0.333. The predicted molar refractivity (Wildman–Crippen MR) is 58.1 cm³/mol. The van der Waals surface area contributed by atoms with Crippen LogP contribution < -0.4 is 5.73 Å². The van der Waals surface area contributed by atoms with Crippen molar-refractivity contribution >= 4 is 5.57 Å². The normalized spacial score (nSPS) is 12.9. The van der Waals surface area contributed by atoms with E-state index >= 15 is 0 Å². The van der Waals surface area contributed by atoms with Crippen LogP contribution in [0.1, 0.15) is 26.3 Å². The summed E-state index contributed by atoms with van der Waals surface area (Å²) in [7, 11) is 0. The van der Waals surface area contributed by atoms with Crippen LogP contribution >= 0.6 is 0 Å². The summed E-state index contributed by atoms with van der Waals surface area (Å²) in [6.45, 7) is 6.29. The Bertz CT molecular complexity index is 292. The van der Waals surface area contributed by atoms with E-state index in [1.165, 1.54) is 11.1 Å². The van der Waals surface area contributed by atoms with Crippen molar-refractivity contribution in [2.45, 2.75) is 20.8 Å². The van der Waals surface area contributed by atoms with Gasteiger partial charge in [-0.25, -0.2) is 0 Å². The summed E-state index contributed by atoms with van der Waals surface area (Å²) in [5, 5.41) is 0. The maximum Gasteiger partial charge on any atom is 0.00900 e. The van der Waals surface area contributed by atoms with E-state index in [4.69, 9.17) is 5.73 Å². The summed E-state index contributed by atoms with van der Waals surface area (Å²) in [4.78, 5) is 0. The van der Waals surface area contributed by atoms with Gasteiger partial charge in [0, 0.05) is 5.70 Å². The lowest BCUT2D eigenvalue weighted by atomic mass is 9.94. The molecule has 1 nitrogen and oxygen atoms in total. The molecule has 0 atom stereocenters. The molecule has 0 aliphatic carbocycles. The average molecular weight is 175 g/mol. The molecule has 1 aromatic rings. The molecule has 13 heavy (non-hydrogen) atoms. The number of benzene rings is 1. The SMILES string of the molecule is CC(N)=C(c1ccccc1)C(C)C. The Morgan fingerprint density at radius 2 is 1.69 bits per heavy atom. The van der Waals surface area contributed by atoms with Crippen molar-refractivity contribution < 1.29 is 0 Å². The number of nitrogens with two attached hydrogens (primary N) is 1. The topological polar surface area (TPSA) is 26.0 Å². The minimum atomic E-state index is 0.479. The lowest BCUT2D eigenvalue weighted by Crippen LogP contribution is -2.03. The van der Waals surface area contributed by atoms with Crippen molar-refractivity contribution in [3.63, 3.8) is 0 Å². The van der Waals surface area contributed by atoms with Crippen molar-refractivity contribution in [2.75, 3.05) is 0 Å². The van der Waals surface area contributed by atoms with Gasteiger partial charge in [0.2, 0.25) is 0 Å². The summed E-state index contributed by atoms with van der Waals surface area (Å²) in [5.74, 6) is 0.479. The van der Waals surface area contributed by atoms with Crippen molar-refractivity contribution in [3.05, 3.63) is 41.6 Å². The number of allylic oxidation sites excluding steroid dienone is 2. The summed E-state index contributed by atoms with van der Waals surface area (Å²) >= 11 is 0. The Morgan fingerprint density at radius 1 is 1.15 bits per heavy atom. The number of rotatable bonds is 2. The molecule has 0 fully saturated rings. The highest BCUT2D eigenvalue weighted by Crippen LogP contribution is 2.24. The minimum Gasteiger partial charge on any atom is -0.402 e. The average Bonchev–Trinajstić information content (AvgIpc) is 2.04. The molecule has 0 radical (unpaired) electrons. The molecule has 0 spiro atoms. The Balaban J connectivity index is 3.12. The first-order valence-electron chi connectivity index (χ1n) is 4.64.